The van der Waals surface area contributed by atoms with Crippen LogP contribution in [0.5, 0.6) is 0 Å². The molecule has 8 heteroatoms. The number of hydrogen-bond donors (Lipinski definition) is 3. The minimum absolute atomic E-state index is 0.0523. The van der Waals surface area contributed by atoms with Gasteiger partial charge in [0.05, 0.1) is 16.9 Å². The quantitative estimate of drug-likeness (QED) is 0.411. The van der Waals surface area contributed by atoms with E-state index < -0.39 is 0 Å². The number of nitrogens with one attached hydrogen (secondary N) is 3. The van der Waals surface area contributed by atoms with E-state index in [1.54, 1.807) is 25.5 Å². The van der Waals surface area contributed by atoms with E-state index in [-0.39, 0.29) is 23.0 Å². The fourth-order valence-corrected chi connectivity index (χ4v) is 4.99. The summed E-state index contributed by atoms with van der Waals surface area (Å²) in [5.74, 6) is 0.416. The SMILES string of the molecule is Cn1nccc1C(=O)Nc1cc(-c2[nH]c3c(c2Nc2ccccc2)C(=O)C2CC2(C)C3)ccn1. The number of ketones is 1. The molecular weight excluding hydrogens is 428 g/mol. The number of anilines is 3. The Morgan fingerprint density at radius 1 is 1.18 bits per heavy atom. The van der Waals surface area contributed by atoms with Crippen LogP contribution in [0, 0.1) is 11.3 Å². The molecule has 170 valence electrons. The number of benzene rings is 1. The first-order valence-electron chi connectivity index (χ1n) is 11.3. The van der Waals surface area contributed by atoms with Crippen molar-refractivity contribution < 1.29 is 9.59 Å². The maximum Gasteiger partial charge on any atom is 0.275 e. The number of Topliss-reactive ketones (excluding diaryl/α,β-unsaturated/α-hetero) is 1. The normalized spacial score (nSPS) is 20.4. The number of rotatable bonds is 5. The van der Waals surface area contributed by atoms with E-state index in [1.165, 1.54) is 4.68 Å². The Hall–Kier alpha value is -4.20. The number of aryl methyl sites for hydroxylation is 1. The van der Waals surface area contributed by atoms with Gasteiger partial charge >= 0.3 is 0 Å². The van der Waals surface area contributed by atoms with Crippen molar-refractivity contribution in [2.75, 3.05) is 10.6 Å². The molecule has 0 spiro atoms. The van der Waals surface area contributed by atoms with Crippen LogP contribution >= 0.6 is 0 Å². The van der Waals surface area contributed by atoms with Crippen LogP contribution in [0.2, 0.25) is 0 Å². The molecule has 2 unspecified atom stereocenters. The van der Waals surface area contributed by atoms with Gasteiger partial charge in [-0.2, -0.15) is 5.10 Å². The Labute approximate surface area is 196 Å². The van der Waals surface area contributed by atoms with E-state index >= 15 is 0 Å². The van der Waals surface area contributed by atoms with Crippen molar-refractivity contribution in [1.29, 1.82) is 0 Å². The lowest BCUT2D eigenvalue weighted by atomic mass is 9.87. The molecule has 0 radical (unpaired) electrons. The number of amides is 1. The highest BCUT2D eigenvalue weighted by atomic mass is 16.2. The summed E-state index contributed by atoms with van der Waals surface area (Å²) < 4.78 is 1.51. The highest BCUT2D eigenvalue weighted by Crippen LogP contribution is 2.60. The van der Waals surface area contributed by atoms with Gasteiger partial charge in [-0.3, -0.25) is 14.3 Å². The summed E-state index contributed by atoms with van der Waals surface area (Å²) >= 11 is 0. The van der Waals surface area contributed by atoms with Crippen molar-refractivity contribution in [2.45, 2.75) is 19.8 Å². The van der Waals surface area contributed by atoms with Crippen LogP contribution in [-0.4, -0.2) is 31.4 Å². The number of aromatic amines is 1. The molecule has 0 bridgehead atoms. The summed E-state index contributed by atoms with van der Waals surface area (Å²) in [6.45, 7) is 2.18. The van der Waals surface area contributed by atoms with Gasteiger partial charge in [0.2, 0.25) is 0 Å². The van der Waals surface area contributed by atoms with E-state index in [2.05, 4.69) is 32.6 Å². The average molecular weight is 453 g/mol. The molecule has 6 rings (SSSR count). The molecule has 2 aliphatic carbocycles. The van der Waals surface area contributed by atoms with Gasteiger partial charge in [-0.05, 0) is 48.6 Å². The Bertz CT molecular complexity index is 1440. The van der Waals surface area contributed by atoms with Gasteiger partial charge in [0.1, 0.15) is 11.5 Å². The first kappa shape index (κ1) is 20.4. The number of H-pyrrole nitrogens is 1. The zero-order valence-corrected chi connectivity index (χ0v) is 18.9. The highest BCUT2D eigenvalue weighted by molar-refractivity contribution is 6.10. The van der Waals surface area contributed by atoms with E-state index in [9.17, 15) is 9.59 Å². The Kier molecular flexibility index (Phi) is 4.45. The number of carbonyl (C=O) groups is 2. The van der Waals surface area contributed by atoms with Crippen LogP contribution in [0.4, 0.5) is 17.2 Å². The number of hydrogen-bond acceptors (Lipinski definition) is 5. The van der Waals surface area contributed by atoms with Gasteiger partial charge in [0.25, 0.3) is 5.91 Å². The monoisotopic (exact) mass is 452 g/mol. The zero-order valence-electron chi connectivity index (χ0n) is 18.9. The van der Waals surface area contributed by atoms with Crippen molar-refractivity contribution in [3.63, 3.8) is 0 Å². The minimum atomic E-state index is -0.291. The number of aromatic nitrogens is 4. The predicted octanol–water partition coefficient (Wildman–Crippen LogP) is 4.57. The third-order valence-corrected chi connectivity index (χ3v) is 6.96. The molecule has 34 heavy (non-hydrogen) atoms. The number of pyridine rings is 1. The summed E-state index contributed by atoms with van der Waals surface area (Å²) in [4.78, 5) is 33.9. The molecule has 3 N–H and O–H groups in total. The molecule has 2 atom stereocenters. The van der Waals surface area contributed by atoms with Gasteiger partial charge in [0, 0.05) is 42.3 Å². The third-order valence-electron chi connectivity index (χ3n) is 6.96. The molecule has 1 saturated carbocycles. The van der Waals surface area contributed by atoms with E-state index in [0.717, 1.165) is 46.7 Å². The molecular formula is C26H24N6O2. The topological polar surface area (TPSA) is 105 Å². The van der Waals surface area contributed by atoms with Crippen molar-refractivity contribution in [3.8, 4) is 11.3 Å². The molecule has 0 aliphatic heterocycles. The molecule has 1 fully saturated rings. The summed E-state index contributed by atoms with van der Waals surface area (Å²) in [5.41, 5.74) is 5.52. The smallest absolute Gasteiger partial charge is 0.275 e. The van der Waals surface area contributed by atoms with Crippen LogP contribution in [0.3, 0.4) is 0 Å². The molecule has 8 nitrogen and oxygen atoms in total. The Morgan fingerprint density at radius 2 is 2.00 bits per heavy atom. The standard InChI is InChI=1S/C26H24N6O2/c1-26-13-17(26)24(33)21-18(14-26)30-22(23(21)29-16-6-4-3-5-7-16)15-8-10-27-20(12-15)31-25(34)19-9-11-28-32(19)2/h3-12,17,29-30H,13-14H2,1-2H3,(H,27,31,34). The summed E-state index contributed by atoms with van der Waals surface area (Å²) in [6.07, 6.45) is 5.01. The average Bonchev–Trinajstić information content (AvgIpc) is 3.13. The number of carbonyl (C=O) groups excluding carboxylic acids is 2. The van der Waals surface area contributed by atoms with Crippen molar-refractivity contribution >= 4 is 28.9 Å². The molecule has 1 aromatic carbocycles. The molecule has 3 heterocycles. The fraction of sp³-hybridized carbons (Fsp3) is 0.231. The van der Waals surface area contributed by atoms with E-state index in [1.807, 2.05) is 42.5 Å². The van der Waals surface area contributed by atoms with Crippen molar-refractivity contribution in [3.05, 3.63) is 77.9 Å². The van der Waals surface area contributed by atoms with Crippen LogP contribution in [-0.2, 0) is 13.5 Å². The molecule has 0 saturated heterocycles. The van der Waals surface area contributed by atoms with Gasteiger partial charge in [-0.1, -0.05) is 25.1 Å². The van der Waals surface area contributed by atoms with Crippen LogP contribution in [0.25, 0.3) is 11.3 Å². The zero-order chi connectivity index (χ0) is 23.4. The lowest BCUT2D eigenvalue weighted by Gasteiger charge is -2.18. The summed E-state index contributed by atoms with van der Waals surface area (Å²) in [7, 11) is 1.71. The second kappa shape index (κ2) is 7.41. The summed E-state index contributed by atoms with van der Waals surface area (Å²) in [5, 5.41) is 10.4. The minimum Gasteiger partial charge on any atom is -0.356 e. The second-order valence-electron chi connectivity index (χ2n) is 9.40. The number of nitrogens with zero attached hydrogens (tertiary/aromatic N) is 3. The van der Waals surface area contributed by atoms with Crippen LogP contribution in [0.1, 0.15) is 39.9 Å². The maximum atomic E-state index is 13.4. The third kappa shape index (κ3) is 3.30. The largest absolute Gasteiger partial charge is 0.356 e. The first-order chi connectivity index (χ1) is 16.4. The lowest BCUT2D eigenvalue weighted by molar-refractivity contribution is 0.0940. The van der Waals surface area contributed by atoms with E-state index in [4.69, 9.17) is 0 Å². The highest BCUT2D eigenvalue weighted by Gasteiger charge is 2.58. The van der Waals surface area contributed by atoms with Crippen LogP contribution < -0.4 is 10.6 Å². The summed E-state index contributed by atoms with van der Waals surface area (Å²) in [6, 6.07) is 15.2. The Balaban J connectivity index is 1.40. The van der Waals surface area contributed by atoms with Crippen molar-refractivity contribution in [1.82, 2.24) is 19.7 Å². The molecule has 1 amide bonds. The van der Waals surface area contributed by atoms with Gasteiger partial charge in [0.15, 0.2) is 5.78 Å². The first-order valence-corrected chi connectivity index (χ1v) is 11.3. The fourth-order valence-electron chi connectivity index (χ4n) is 4.99. The van der Waals surface area contributed by atoms with Gasteiger partial charge in [-0.15, -0.1) is 0 Å². The van der Waals surface area contributed by atoms with Gasteiger partial charge < -0.3 is 15.6 Å². The maximum absolute atomic E-state index is 13.4. The van der Waals surface area contributed by atoms with Gasteiger partial charge in [-0.25, -0.2) is 4.98 Å². The molecule has 4 aromatic rings. The molecule has 2 aliphatic rings. The van der Waals surface area contributed by atoms with E-state index in [0.29, 0.717) is 11.5 Å². The molecule has 3 aromatic heterocycles. The predicted molar refractivity (Wildman–Crippen MR) is 129 cm³/mol. The Morgan fingerprint density at radius 3 is 2.76 bits per heavy atom. The lowest BCUT2D eigenvalue weighted by Crippen LogP contribution is -2.19. The van der Waals surface area contributed by atoms with Crippen molar-refractivity contribution in [2.24, 2.45) is 18.4 Å². The number of para-hydroxylation sites is 1. The second-order valence-corrected chi connectivity index (χ2v) is 9.40. The van der Waals surface area contributed by atoms with Crippen LogP contribution in [0.15, 0.2) is 60.9 Å². The number of fused-ring (bicyclic) bond motifs is 2.